The van der Waals surface area contributed by atoms with E-state index in [4.69, 9.17) is 24.3 Å². The Balaban J connectivity index is 1.55. The van der Waals surface area contributed by atoms with Crippen LogP contribution >= 0.6 is 15.9 Å². The maximum absolute atomic E-state index is 12.0. The van der Waals surface area contributed by atoms with E-state index in [-0.39, 0.29) is 5.69 Å². The van der Waals surface area contributed by atoms with Gasteiger partial charge in [0.15, 0.2) is 11.5 Å². The number of fused-ring (bicyclic) bond motifs is 3. The number of carbonyl (C=O) groups excluding carboxylic acids is 1. The van der Waals surface area contributed by atoms with Crippen LogP contribution in [0.2, 0.25) is 51.4 Å². The summed E-state index contributed by atoms with van der Waals surface area (Å²) in [5.41, 5.74) is 3.83. The van der Waals surface area contributed by atoms with Crippen molar-refractivity contribution in [3.63, 3.8) is 0 Å². The molecule has 2 bridgehead atoms. The Labute approximate surface area is 278 Å². The highest BCUT2D eigenvalue weighted by molar-refractivity contribution is 9.10. The zero-order valence-electron chi connectivity index (χ0n) is 28.1. The molecule has 246 valence electrons. The molecule has 3 aromatic rings. The third-order valence-electron chi connectivity index (χ3n) is 9.12. The fourth-order valence-electron chi connectivity index (χ4n) is 6.50. The predicted molar refractivity (Wildman–Crippen MR) is 188 cm³/mol. The Hall–Kier alpha value is -2.13. The van der Waals surface area contributed by atoms with E-state index in [0.29, 0.717) is 32.6 Å². The van der Waals surface area contributed by atoms with Crippen LogP contribution in [0, 0.1) is 11.8 Å². The third-order valence-corrected chi connectivity index (χ3v) is 13.3. The highest BCUT2D eigenvalue weighted by Crippen LogP contribution is 2.50. The average Bonchev–Trinajstić information content (AvgIpc) is 3.56. The molecule has 3 aromatic heterocycles. The fourth-order valence-corrected chi connectivity index (χ4v) is 8.84. The lowest BCUT2D eigenvalue weighted by atomic mass is 9.79. The first-order valence-electron chi connectivity index (χ1n) is 16.4. The van der Waals surface area contributed by atoms with Crippen molar-refractivity contribution < 1.29 is 19.0 Å². The molecule has 0 radical (unpaired) electrons. The Bertz CT molecular complexity index is 1440. The summed E-state index contributed by atoms with van der Waals surface area (Å²) in [6.45, 7) is 16.5. The van der Waals surface area contributed by atoms with Crippen molar-refractivity contribution in [2.45, 2.75) is 89.4 Å². The number of esters is 1. The summed E-state index contributed by atoms with van der Waals surface area (Å²) in [4.78, 5) is 23.9. The predicted octanol–water partition coefficient (Wildman–Crippen LogP) is 8.07. The second-order valence-electron chi connectivity index (χ2n) is 15.3. The first-order chi connectivity index (χ1) is 21.3. The number of hydrogen-bond acceptors (Lipinski definition) is 8. The third kappa shape index (κ3) is 8.62. The molecule has 5 rings (SSSR count). The van der Waals surface area contributed by atoms with Gasteiger partial charge in [-0.1, -0.05) is 58.2 Å². The van der Waals surface area contributed by atoms with Crippen molar-refractivity contribution in [3.8, 4) is 11.1 Å². The lowest BCUT2D eigenvalue weighted by Gasteiger charge is -2.31. The van der Waals surface area contributed by atoms with Crippen molar-refractivity contribution >= 4 is 49.5 Å². The summed E-state index contributed by atoms with van der Waals surface area (Å²) >= 11 is 4.05. The van der Waals surface area contributed by atoms with E-state index in [1.807, 2.05) is 16.8 Å². The molecule has 0 unspecified atom stereocenters. The van der Waals surface area contributed by atoms with Crippen molar-refractivity contribution in [1.82, 2.24) is 19.6 Å². The minimum atomic E-state index is -1.24. The summed E-state index contributed by atoms with van der Waals surface area (Å²) in [5, 5.41) is 4.88. The smallest absolute Gasteiger partial charge is 0.356 e. The molecule has 3 atom stereocenters. The molecule has 2 aliphatic carbocycles. The number of halogens is 1. The number of aromatic nitrogens is 4. The lowest BCUT2D eigenvalue weighted by Crippen LogP contribution is -2.34. The molecule has 3 heterocycles. The van der Waals surface area contributed by atoms with Gasteiger partial charge in [0.2, 0.25) is 0 Å². The van der Waals surface area contributed by atoms with Gasteiger partial charge in [0.25, 0.3) is 0 Å². The van der Waals surface area contributed by atoms with Crippen LogP contribution in [0.15, 0.2) is 29.0 Å². The number of methoxy groups -OCH3 is 1. The summed E-state index contributed by atoms with van der Waals surface area (Å²) in [6.07, 6.45) is 9.87. The standard InChI is InChI=1S/C33H50BrN5O4Si2/c1-41-33(40)28-11-10-25(19-35-28)27-20-36-39-31(27)37-30(26-17-23-8-9-24(16-23)18-26)29(34)32(39)38(21-42-12-14-44(2,3)4)22-43-13-15-45(5,6)7/h10-11,19-20,23-24,26H,8-9,12-18,21-22H2,1-7H3/t23-,24+,26+. The van der Waals surface area contributed by atoms with Crippen LogP contribution in [-0.2, 0) is 14.2 Å². The number of hydrogen-bond donors (Lipinski definition) is 0. The minimum Gasteiger partial charge on any atom is -0.464 e. The Kier molecular flexibility index (Phi) is 10.9. The molecule has 2 saturated carbocycles. The monoisotopic (exact) mass is 715 g/mol. The second-order valence-corrected chi connectivity index (χ2v) is 27.3. The Morgan fingerprint density at radius 2 is 1.58 bits per heavy atom. The second kappa shape index (κ2) is 14.3. The van der Waals surface area contributed by atoms with E-state index in [0.717, 1.165) is 69.5 Å². The van der Waals surface area contributed by atoms with Crippen molar-refractivity contribution in [2.24, 2.45) is 11.8 Å². The molecule has 0 spiro atoms. The molecule has 0 aliphatic heterocycles. The van der Waals surface area contributed by atoms with E-state index in [1.165, 1.54) is 26.4 Å². The van der Waals surface area contributed by atoms with Crippen molar-refractivity contribution in [1.29, 1.82) is 0 Å². The number of nitrogens with zero attached hydrogens (tertiary/aromatic N) is 5. The topological polar surface area (TPSA) is 91.1 Å². The zero-order valence-corrected chi connectivity index (χ0v) is 31.7. The van der Waals surface area contributed by atoms with E-state index < -0.39 is 22.1 Å². The minimum absolute atomic E-state index is 0.268. The van der Waals surface area contributed by atoms with E-state index in [9.17, 15) is 4.79 Å². The summed E-state index contributed by atoms with van der Waals surface area (Å²) in [5.74, 6) is 2.36. The maximum atomic E-state index is 12.0. The molecule has 2 aliphatic rings. The van der Waals surface area contributed by atoms with Crippen LogP contribution in [0.3, 0.4) is 0 Å². The fraction of sp³-hybridized carbons (Fsp3) is 0.636. The molecular weight excluding hydrogens is 666 g/mol. The molecule has 0 N–H and O–H groups in total. The molecule has 9 nitrogen and oxygen atoms in total. The SMILES string of the molecule is COC(=O)c1ccc(-c2cnn3c(N(COCC[Si](C)(C)C)COCC[Si](C)(C)C)c(Br)c([C@H]4C[C@@H]5CC[C@@H](C5)C4)nc23)cn1. The van der Waals surface area contributed by atoms with Crippen LogP contribution in [0.25, 0.3) is 16.8 Å². The number of rotatable bonds is 14. The molecule has 2 fully saturated rings. The van der Waals surface area contributed by atoms with Crippen LogP contribution in [0.4, 0.5) is 5.82 Å². The quantitative estimate of drug-likeness (QED) is 0.0717. The number of anilines is 1. The van der Waals surface area contributed by atoms with Gasteiger partial charge in [0, 0.05) is 52.6 Å². The molecule has 0 aromatic carbocycles. The highest BCUT2D eigenvalue weighted by atomic mass is 79.9. The number of ether oxygens (including phenoxy) is 3. The van der Waals surface area contributed by atoms with Gasteiger partial charge in [-0.2, -0.15) is 9.61 Å². The first-order valence-corrected chi connectivity index (χ1v) is 24.6. The summed E-state index contributed by atoms with van der Waals surface area (Å²) < 4.78 is 20.4. The molecule has 12 heteroatoms. The van der Waals surface area contributed by atoms with Gasteiger partial charge in [0.1, 0.15) is 19.2 Å². The van der Waals surface area contributed by atoms with E-state index >= 15 is 0 Å². The van der Waals surface area contributed by atoms with Gasteiger partial charge in [-0.25, -0.2) is 14.8 Å². The highest BCUT2D eigenvalue weighted by Gasteiger charge is 2.37. The molecule has 45 heavy (non-hydrogen) atoms. The summed E-state index contributed by atoms with van der Waals surface area (Å²) in [7, 11) is -1.13. The lowest BCUT2D eigenvalue weighted by molar-refractivity contribution is 0.0594. The van der Waals surface area contributed by atoms with Crippen LogP contribution in [-0.4, -0.2) is 75.5 Å². The maximum Gasteiger partial charge on any atom is 0.356 e. The van der Waals surface area contributed by atoms with Crippen molar-refractivity contribution in [2.75, 3.05) is 38.7 Å². The van der Waals surface area contributed by atoms with Crippen LogP contribution < -0.4 is 4.90 Å². The van der Waals surface area contributed by atoms with Crippen LogP contribution in [0.5, 0.6) is 0 Å². The molecular formula is C33H50BrN5O4Si2. The first kappa shape index (κ1) is 34.2. The van der Waals surface area contributed by atoms with Gasteiger partial charge in [-0.15, -0.1) is 0 Å². The largest absolute Gasteiger partial charge is 0.464 e. The van der Waals surface area contributed by atoms with Gasteiger partial charge < -0.3 is 19.1 Å². The Morgan fingerprint density at radius 3 is 2.11 bits per heavy atom. The molecule has 0 saturated heterocycles. The number of carbonyl (C=O) groups is 1. The van der Waals surface area contributed by atoms with Gasteiger partial charge in [-0.3, -0.25) is 0 Å². The van der Waals surface area contributed by atoms with Gasteiger partial charge >= 0.3 is 5.97 Å². The van der Waals surface area contributed by atoms with Crippen molar-refractivity contribution in [3.05, 3.63) is 40.4 Å². The summed E-state index contributed by atoms with van der Waals surface area (Å²) in [6, 6.07) is 5.77. The van der Waals surface area contributed by atoms with Gasteiger partial charge in [-0.05, 0) is 65.2 Å². The van der Waals surface area contributed by atoms with E-state index in [2.05, 4.69) is 65.1 Å². The number of pyridine rings is 1. The normalized spacial score (nSPS) is 20.1. The average molecular weight is 717 g/mol. The Morgan fingerprint density at radius 1 is 0.956 bits per heavy atom. The van der Waals surface area contributed by atoms with Gasteiger partial charge in [0.05, 0.1) is 23.5 Å². The van der Waals surface area contributed by atoms with E-state index in [1.54, 1.807) is 12.3 Å². The van der Waals surface area contributed by atoms with Crippen LogP contribution in [0.1, 0.15) is 54.2 Å². The molecule has 0 amide bonds. The zero-order chi connectivity index (χ0) is 32.4.